The first kappa shape index (κ1) is 22.2. The number of carbonyl (C=O) groups excluding carboxylic acids is 1. The van der Waals surface area contributed by atoms with Crippen LogP contribution >= 0.6 is 0 Å². The van der Waals surface area contributed by atoms with Gasteiger partial charge >= 0.3 is 0 Å². The van der Waals surface area contributed by atoms with Gasteiger partial charge < -0.3 is 14.9 Å². The standard InChI is InChI=1S/C23H23F2N5O4/c1-30-17(31)3-2-16(28-30)19-27-21(34-29-19)23-7-4-22(5-8-23,6-9-23)12-26-20(33)13-10-14(24)18(32)15(25)11-13/h2-3,10-11,32H,4-9,12H2,1H3,(H,26,33)/t22-,23+. The van der Waals surface area contributed by atoms with E-state index in [4.69, 9.17) is 4.52 Å². The highest BCUT2D eigenvalue weighted by Crippen LogP contribution is 2.57. The van der Waals surface area contributed by atoms with Crippen LogP contribution in [0, 0.1) is 17.0 Å². The third-order valence-electron chi connectivity index (χ3n) is 7.37. The summed E-state index contributed by atoms with van der Waals surface area (Å²) in [4.78, 5) is 28.6. The summed E-state index contributed by atoms with van der Waals surface area (Å²) in [5.74, 6) is -3.12. The molecule has 2 N–H and O–H groups in total. The number of halogens is 2. The molecule has 0 unspecified atom stereocenters. The molecule has 9 nitrogen and oxygen atoms in total. The number of benzene rings is 1. The van der Waals surface area contributed by atoms with Gasteiger partial charge in [0.05, 0.1) is 0 Å². The van der Waals surface area contributed by atoms with Crippen LogP contribution < -0.4 is 10.9 Å². The van der Waals surface area contributed by atoms with Gasteiger partial charge in [0.25, 0.3) is 11.5 Å². The lowest BCUT2D eigenvalue weighted by Gasteiger charge is -2.51. The number of phenols is 1. The first-order chi connectivity index (χ1) is 16.2. The zero-order valence-electron chi connectivity index (χ0n) is 18.5. The molecule has 3 aliphatic rings. The minimum atomic E-state index is -1.17. The van der Waals surface area contributed by atoms with Crippen molar-refractivity contribution >= 4 is 5.91 Å². The Hall–Kier alpha value is -3.63. The molecule has 2 heterocycles. The summed E-state index contributed by atoms with van der Waals surface area (Å²) in [6.07, 6.45) is 4.94. The average Bonchev–Trinajstić information content (AvgIpc) is 3.35. The maximum Gasteiger partial charge on any atom is 0.266 e. The number of hydrogen-bond donors (Lipinski definition) is 2. The minimum Gasteiger partial charge on any atom is -0.503 e. The second-order valence-electron chi connectivity index (χ2n) is 9.36. The number of aromatic nitrogens is 4. The minimum absolute atomic E-state index is 0.104. The third kappa shape index (κ3) is 3.74. The Morgan fingerprint density at radius 3 is 2.41 bits per heavy atom. The van der Waals surface area contributed by atoms with Crippen molar-refractivity contribution in [3.63, 3.8) is 0 Å². The number of hydrogen-bond acceptors (Lipinski definition) is 7. The third-order valence-corrected chi connectivity index (χ3v) is 7.37. The molecule has 3 fully saturated rings. The van der Waals surface area contributed by atoms with Crippen LogP contribution in [0.4, 0.5) is 8.78 Å². The summed E-state index contributed by atoms with van der Waals surface area (Å²) in [6.45, 7) is 0.392. The van der Waals surface area contributed by atoms with Crippen molar-refractivity contribution in [2.24, 2.45) is 12.5 Å². The normalized spacial score (nSPS) is 23.7. The number of phenolic OH excluding ortho intramolecular Hbond substituents is 1. The van der Waals surface area contributed by atoms with E-state index in [1.807, 2.05) is 0 Å². The molecule has 2 aromatic heterocycles. The van der Waals surface area contributed by atoms with Gasteiger partial charge in [-0.1, -0.05) is 5.16 Å². The van der Waals surface area contributed by atoms with Crippen molar-refractivity contribution in [2.75, 3.05) is 6.54 Å². The fourth-order valence-electron chi connectivity index (χ4n) is 5.08. The molecule has 6 rings (SSSR count). The number of rotatable bonds is 5. The van der Waals surface area contributed by atoms with Gasteiger partial charge in [-0.2, -0.15) is 10.1 Å². The van der Waals surface area contributed by atoms with Gasteiger partial charge in [0, 0.05) is 30.6 Å². The van der Waals surface area contributed by atoms with Crippen LogP contribution in [0.1, 0.15) is 54.8 Å². The molecule has 34 heavy (non-hydrogen) atoms. The van der Waals surface area contributed by atoms with Gasteiger partial charge in [-0.25, -0.2) is 13.5 Å². The van der Waals surface area contributed by atoms with Crippen LogP contribution in [0.5, 0.6) is 5.75 Å². The van der Waals surface area contributed by atoms with Crippen LogP contribution in [0.15, 0.2) is 33.6 Å². The molecule has 1 amide bonds. The fourth-order valence-corrected chi connectivity index (χ4v) is 5.08. The summed E-state index contributed by atoms with van der Waals surface area (Å²) in [5.41, 5.74) is -0.279. The van der Waals surface area contributed by atoms with Crippen molar-refractivity contribution in [1.82, 2.24) is 25.2 Å². The number of nitrogens with one attached hydrogen (secondary N) is 1. The molecule has 1 aromatic carbocycles. The summed E-state index contributed by atoms with van der Waals surface area (Å²) in [5, 5.41) is 20.3. The lowest BCUT2D eigenvalue weighted by molar-refractivity contribution is 0.0229. The molecule has 0 radical (unpaired) electrons. The highest BCUT2D eigenvalue weighted by Gasteiger charge is 2.52. The molecule has 0 atom stereocenters. The van der Waals surface area contributed by atoms with Crippen LogP contribution in [-0.2, 0) is 12.5 Å². The van der Waals surface area contributed by atoms with E-state index in [1.165, 1.54) is 10.7 Å². The molecule has 3 aliphatic carbocycles. The molecule has 0 aliphatic heterocycles. The van der Waals surface area contributed by atoms with Crippen LogP contribution in [-0.4, -0.2) is 37.5 Å². The molecule has 178 valence electrons. The van der Waals surface area contributed by atoms with Gasteiger partial charge in [0.1, 0.15) is 5.69 Å². The number of aromatic hydroxyl groups is 1. The second kappa shape index (κ2) is 8.00. The number of aryl methyl sites for hydroxylation is 1. The Kier molecular flexibility index (Phi) is 5.22. The lowest BCUT2D eigenvalue weighted by atomic mass is 9.53. The predicted molar refractivity (Wildman–Crippen MR) is 115 cm³/mol. The van der Waals surface area contributed by atoms with E-state index in [0.29, 0.717) is 24.0 Å². The summed E-state index contributed by atoms with van der Waals surface area (Å²) < 4.78 is 34.0. The van der Waals surface area contributed by atoms with Crippen LogP contribution in [0.25, 0.3) is 11.5 Å². The molecule has 0 spiro atoms. The van der Waals surface area contributed by atoms with E-state index in [-0.39, 0.29) is 22.0 Å². The van der Waals surface area contributed by atoms with E-state index in [9.17, 15) is 23.5 Å². The molecule has 11 heteroatoms. The van der Waals surface area contributed by atoms with Crippen LogP contribution in [0.2, 0.25) is 0 Å². The maximum atomic E-state index is 13.6. The predicted octanol–water partition coefficient (Wildman–Crippen LogP) is 2.84. The maximum absolute atomic E-state index is 13.6. The Morgan fingerprint density at radius 2 is 1.79 bits per heavy atom. The Balaban J connectivity index is 1.25. The number of amides is 1. The molecule has 2 bridgehead atoms. The molecular formula is C23H23F2N5O4. The second-order valence-corrected chi connectivity index (χ2v) is 9.36. The highest BCUT2D eigenvalue weighted by molar-refractivity contribution is 5.94. The monoisotopic (exact) mass is 471 g/mol. The van der Waals surface area contributed by atoms with Crippen LogP contribution in [0.3, 0.4) is 0 Å². The number of fused-ring (bicyclic) bond motifs is 3. The van der Waals surface area contributed by atoms with Gasteiger partial charge in [0.2, 0.25) is 11.7 Å². The Morgan fingerprint density at radius 1 is 1.15 bits per heavy atom. The molecule has 3 aromatic rings. The van der Waals surface area contributed by atoms with Gasteiger partial charge in [0.15, 0.2) is 17.4 Å². The first-order valence-corrected chi connectivity index (χ1v) is 11.1. The highest BCUT2D eigenvalue weighted by atomic mass is 19.1. The van der Waals surface area contributed by atoms with Gasteiger partial charge in [-0.05, 0) is 62.1 Å². The smallest absolute Gasteiger partial charge is 0.266 e. The first-order valence-electron chi connectivity index (χ1n) is 11.1. The summed E-state index contributed by atoms with van der Waals surface area (Å²) in [7, 11) is 1.56. The van der Waals surface area contributed by atoms with E-state index in [0.717, 1.165) is 50.7 Å². The zero-order valence-corrected chi connectivity index (χ0v) is 18.5. The van der Waals surface area contributed by atoms with Crippen molar-refractivity contribution in [3.8, 4) is 17.3 Å². The Bertz CT molecular complexity index is 1290. The zero-order chi connectivity index (χ0) is 24.1. The average molecular weight is 471 g/mol. The Labute approximate surface area is 192 Å². The van der Waals surface area contributed by atoms with Gasteiger partial charge in [-0.3, -0.25) is 9.59 Å². The van der Waals surface area contributed by atoms with Crippen molar-refractivity contribution in [1.29, 1.82) is 0 Å². The number of carbonyl (C=O) groups is 1. The fraction of sp³-hybridized carbons (Fsp3) is 0.435. The van der Waals surface area contributed by atoms with E-state index in [2.05, 4.69) is 20.6 Å². The van der Waals surface area contributed by atoms with Gasteiger partial charge in [-0.15, -0.1) is 0 Å². The lowest BCUT2D eigenvalue weighted by Crippen LogP contribution is -2.49. The van der Waals surface area contributed by atoms with Crippen molar-refractivity contribution in [3.05, 3.63) is 57.7 Å². The number of nitrogens with zero attached hydrogens (tertiary/aromatic N) is 4. The van der Waals surface area contributed by atoms with E-state index in [1.54, 1.807) is 13.1 Å². The van der Waals surface area contributed by atoms with Crippen molar-refractivity contribution < 1.29 is 23.2 Å². The summed E-state index contributed by atoms with van der Waals surface area (Å²) in [6, 6.07) is 4.62. The summed E-state index contributed by atoms with van der Waals surface area (Å²) >= 11 is 0. The van der Waals surface area contributed by atoms with Crippen molar-refractivity contribution in [2.45, 2.75) is 43.9 Å². The van der Waals surface area contributed by atoms with E-state index >= 15 is 0 Å². The molecule has 3 saturated carbocycles. The quantitative estimate of drug-likeness (QED) is 0.587. The molecular weight excluding hydrogens is 448 g/mol. The topological polar surface area (TPSA) is 123 Å². The van der Waals surface area contributed by atoms with E-state index < -0.39 is 23.3 Å². The molecule has 0 saturated heterocycles. The SMILES string of the molecule is Cn1nc(-c2noc([C@]34CC[C@](CNC(=O)c5cc(F)c(O)c(F)c5)(CC3)CC4)n2)ccc1=O. The largest absolute Gasteiger partial charge is 0.503 e.